The highest BCUT2D eigenvalue weighted by Gasteiger charge is 2.34. The summed E-state index contributed by atoms with van der Waals surface area (Å²) in [6.07, 6.45) is 6.63. The zero-order valence-corrected chi connectivity index (χ0v) is 13.8. The predicted octanol–water partition coefficient (Wildman–Crippen LogP) is 2.81. The van der Waals surface area contributed by atoms with E-state index in [1.54, 1.807) is 42.5 Å². The first-order valence-corrected chi connectivity index (χ1v) is 7.76. The number of carbonyl (C=O) groups excluding carboxylic acids is 2. The van der Waals surface area contributed by atoms with Crippen molar-refractivity contribution in [2.24, 2.45) is 0 Å². The fourth-order valence-electron chi connectivity index (χ4n) is 2.33. The highest BCUT2D eigenvalue weighted by atomic mass is 35.5. The van der Waals surface area contributed by atoms with Crippen LogP contribution in [-0.2, 0) is 9.59 Å². The molecular formula is C19H13ClN2O3. The molecule has 0 atom stereocenters. The summed E-state index contributed by atoms with van der Waals surface area (Å²) in [5.41, 5.74) is 3.75. The van der Waals surface area contributed by atoms with Crippen molar-refractivity contribution in [1.82, 2.24) is 5.43 Å². The average molecular weight is 353 g/mol. The lowest BCUT2D eigenvalue weighted by molar-refractivity contribution is -0.117. The predicted molar refractivity (Wildman–Crippen MR) is 95.8 cm³/mol. The van der Waals surface area contributed by atoms with E-state index in [0.717, 1.165) is 0 Å². The van der Waals surface area contributed by atoms with Crippen LogP contribution < -0.4 is 15.2 Å². The molecule has 6 heteroatoms. The summed E-state index contributed by atoms with van der Waals surface area (Å²) < 4.78 is 5.28. The molecule has 5 nitrogen and oxygen atoms in total. The minimum Gasteiger partial charge on any atom is -0.479 e. The van der Waals surface area contributed by atoms with Crippen LogP contribution in [0.15, 0.2) is 54.1 Å². The fraction of sp³-hybridized carbons (Fsp3) is 0.0526. The van der Waals surface area contributed by atoms with Crippen LogP contribution in [0.2, 0.25) is 5.02 Å². The zero-order valence-electron chi connectivity index (χ0n) is 13.0. The standard InChI is InChI=1S/C19H13ClN2O3/c1-2-10-25-17-9-8-13(12-16(17)20)11-15-18(23)21-22(19(15)24)14-6-4-3-5-7-14/h1,3-9,11-12H,10H2,(H,21,23)/b15-11-. The summed E-state index contributed by atoms with van der Waals surface area (Å²) in [6.45, 7) is 0.104. The van der Waals surface area contributed by atoms with E-state index in [4.69, 9.17) is 22.8 Å². The first-order valence-electron chi connectivity index (χ1n) is 7.38. The number of hydrogen-bond donors (Lipinski definition) is 1. The molecular weight excluding hydrogens is 340 g/mol. The van der Waals surface area contributed by atoms with Crippen molar-refractivity contribution in [3.63, 3.8) is 0 Å². The molecule has 2 amide bonds. The Morgan fingerprint density at radius 1 is 1.20 bits per heavy atom. The second kappa shape index (κ2) is 7.12. The number of hydrogen-bond acceptors (Lipinski definition) is 3. The number of nitrogens with zero attached hydrogens (tertiary/aromatic N) is 1. The van der Waals surface area contributed by atoms with Gasteiger partial charge in [-0.3, -0.25) is 15.0 Å². The molecule has 0 unspecified atom stereocenters. The van der Waals surface area contributed by atoms with E-state index in [-0.39, 0.29) is 12.2 Å². The van der Waals surface area contributed by atoms with E-state index in [1.807, 2.05) is 6.07 Å². The highest BCUT2D eigenvalue weighted by Crippen LogP contribution is 2.27. The monoisotopic (exact) mass is 352 g/mol. The van der Waals surface area contributed by atoms with Crippen molar-refractivity contribution in [3.05, 3.63) is 64.7 Å². The third-order valence-electron chi connectivity index (χ3n) is 3.48. The van der Waals surface area contributed by atoms with E-state index < -0.39 is 11.8 Å². The summed E-state index contributed by atoms with van der Waals surface area (Å²) in [5.74, 6) is 1.89. The summed E-state index contributed by atoms with van der Waals surface area (Å²) in [6, 6.07) is 13.8. The molecule has 1 heterocycles. The van der Waals surface area contributed by atoms with Gasteiger partial charge in [0, 0.05) is 0 Å². The maximum absolute atomic E-state index is 12.5. The second-order valence-electron chi connectivity index (χ2n) is 5.16. The summed E-state index contributed by atoms with van der Waals surface area (Å²) >= 11 is 6.13. The van der Waals surface area contributed by atoms with Gasteiger partial charge in [0.1, 0.15) is 17.9 Å². The van der Waals surface area contributed by atoms with Gasteiger partial charge in [-0.1, -0.05) is 41.8 Å². The molecule has 124 valence electrons. The van der Waals surface area contributed by atoms with Crippen molar-refractivity contribution >= 4 is 35.2 Å². The van der Waals surface area contributed by atoms with Gasteiger partial charge in [-0.25, -0.2) is 5.01 Å². The molecule has 0 radical (unpaired) electrons. The molecule has 2 aromatic rings. The number of ether oxygens (including phenoxy) is 1. The first-order chi connectivity index (χ1) is 12.1. The van der Waals surface area contributed by atoms with Gasteiger partial charge in [-0.15, -0.1) is 6.42 Å². The summed E-state index contributed by atoms with van der Waals surface area (Å²) in [7, 11) is 0. The van der Waals surface area contributed by atoms with E-state index in [2.05, 4.69) is 11.3 Å². The molecule has 0 bridgehead atoms. The minimum absolute atomic E-state index is 0.0252. The maximum atomic E-state index is 12.5. The SMILES string of the molecule is C#CCOc1ccc(/C=C2/C(=O)NN(c3ccccc3)C2=O)cc1Cl. The number of para-hydroxylation sites is 1. The second-order valence-corrected chi connectivity index (χ2v) is 5.56. The van der Waals surface area contributed by atoms with E-state index in [9.17, 15) is 9.59 Å². The van der Waals surface area contributed by atoms with E-state index in [1.165, 1.54) is 11.1 Å². The quantitative estimate of drug-likeness (QED) is 0.523. The van der Waals surface area contributed by atoms with Crippen molar-refractivity contribution in [2.75, 3.05) is 11.6 Å². The number of anilines is 1. The molecule has 0 aromatic heterocycles. The molecule has 0 spiro atoms. The molecule has 1 aliphatic rings. The Balaban J connectivity index is 1.86. The Morgan fingerprint density at radius 3 is 2.64 bits per heavy atom. The average Bonchev–Trinajstić information content (AvgIpc) is 2.90. The number of nitrogens with one attached hydrogen (secondary N) is 1. The molecule has 2 aromatic carbocycles. The van der Waals surface area contributed by atoms with Crippen molar-refractivity contribution in [1.29, 1.82) is 0 Å². The maximum Gasteiger partial charge on any atom is 0.282 e. The van der Waals surface area contributed by atoms with E-state index in [0.29, 0.717) is 22.0 Å². The molecule has 25 heavy (non-hydrogen) atoms. The Labute approximate surface area is 149 Å². The van der Waals surface area contributed by atoms with Crippen LogP contribution in [0.4, 0.5) is 5.69 Å². The topological polar surface area (TPSA) is 58.6 Å². The molecule has 1 aliphatic heterocycles. The van der Waals surface area contributed by atoms with Crippen LogP contribution in [0.5, 0.6) is 5.75 Å². The Kier molecular flexibility index (Phi) is 4.73. The van der Waals surface area contributed by atoms with Gasteiger partial charge in [-0.2, -0.15) is 0 Å². The largest absolute Gasteiger partial charge is 0.479 e. The van der Waals surface area contributed by atoms with Gasteiger partial charge in [-0.05, 0) is 35.9 Å². The minimum atomic E-state index is -0.474. The van der Waals surface area contributed by atoms with Crippen LogP contribution in [0.3, 0.4) is 0 Å². The summed E-state index contributed by atoms with van der Waals surface area (Å²) in [4.78, 5) is 24.7. The number of rotatable bonds is 4. The summed E-state index contributed by atoms with van der Waals surface area (Å²) in [5, 5.41) is 1.55. The number of carbonyl (C=O) groups is 2. The lowest BCUT2D eigenvalue weighted by atomic mass is 10.1. The number of hydrazine groups is 1. The third-order valence-corrected chi connectivity index (χ3v) is 3.78. The highest BCUT2D eigenvalue weighted by molar-refractivity contribution is 6.33. The molecule has 1 N–H and O–H groups in total. The van der Waals surface area contributed by atoms with Crippen LogP contribution in [0.25, 0.3) is 6.08 Å². The van der Waals surface area contributed by atoms with Gasteiger partial charge < -0.3 is 4.74 Å². The van der Waals surface area contributed by atoms with Gasteiger partial charge in [0.2, 0.25) is 0 Å². The number of amides is 2. The number of halogens is 1. The third kappa shape index (κ3) is 3.49. The van der Waals surface area contributed by atoms with Crippen molar-refractivity contribution in [2.45, 2.75) is 0 Å². The Hall–Kier alpha value is -3.23. The number of terminal acetylenes is 1. The van der Waals surface area contributed by atoms with Gasteiger partial charge in [0.25, 0.3) is 11.8 Å². The molecule has 3 rings (SSSR count). The van der Waals surface area contributed by atoms with Crippen molar-refractivity contribution in [3.8, 4) is 18.1 Å². The lowest BCUT2D eigenvalue weighted by Crippen LogP contribution is -2.35. The van der Waals surface area contributed by atoms with Gasteiger partial charge >= 0.3 is 0 Å². The van der Waals surface area contributed by atoms with Crippen molar-refractivity contribution < 1.29 is 14.3 Å². The zero-order chi connectivity index (χ0) is 17.8. The molecule has 1 fully saturated rings. The van der Waals surface area contributed by atoms with Gasteiger partial charge in [0.05, 0.1) is 10.7 Å². The number of benzene rings is 2. The lowest BCUT2D eigenvalue weighted by Gasteiger charge is -2.13. The van der Waals surface area contributed by atoms with Gasteiger partial charge in [0.15, 0.2) is 0 Å². The molecule has 1 saturated heterocycles. The normalized spacial score (nSPS) is 15.2. The fourth-order valence-corrected chi connectivity index (χ4v) is 2.57. The molecule has 0 saturated carbocycles. The van der Waals surface area contributed by atoms with E-state index >= 15 is 0 Å². The Bertz CT molecular complexity index is 901. The van der Waals surface area contributed by atoms with Crippen LogP contribution in [0.1, 0.15) is 5.56 Å². The smallest absolute Gasteiger partial charge is 0.282 e. The van der Waals surface area contributed by atoms with Crippen LogP contribution in [0, 0.1) is 12.3 Å². The molecule has 0 aliphatic carbocycles. The van der Waals surface area contributed by atoms with Crippen LogP contribution in [-0.4, -0.2) is 18.4 Å². The first kappa shape index (κ1) is 16.6. The Morgan fingerprint density at radius 2 is 1.96 bits per heavy atom. The van der Waals surface area contributed by atoms with Crippen LogP contribution >= 0.6 is 11.6 Å².